The monoisotopic (exact) mass is 473 g/mol. The maximum Gasteiger partial charge on any atom is 0.191 e. The molecule has 3 rings (SSSR count). The Bertz CT molecular complexity index is 585. The molecule has 1 unspecified atom stereocenters. The Balaban J connectivity index is 0.00000243. The van der Waals surface area contributed by atoms with Gasteiger partial charge in [-0.05, 0) is 49.3 Å². The number of piperidine rings is 1. The molecule has 0 aromatic heterocycles. The molecule has 6 heteroatoms. The summed E-state index contributed by atoms with van der Waals surface area (Å²) >= 11 is 0. The fourth-order valence-electron chi connectivity index (χ4n) is 3.97. The fourth-order valence-corrected chi connectivity index (χ4v) is 3.97. The first kappa shape index (κ1) is 21.3. The van der Waals surface area contributed by atoms with Crippen LogP contribution in [0.2, 0.25) is 0 Å². The second kappa shape index (κ2) is 9.78. The molecule has 5 nitrogen and oxygen atoms in total. The zero-order valence-corrected chi connectivity index (χ0v) is 18.3. The number of likely N-dealkylation sites (tertiary alicyclic amines) is 1. The third kappa shape index (κ3) is 5.03. The van der Waals surface area contributed by atoms with Gasteiger partial charge in [-0.1, -0.05) is 19.1 Å². The number of benzene rings is 1. The third-order valence-corrected chi connectivity index (χ3v) is 5.68. The molecule has 2 saturated heterocycles. The first-order chi connectivity index (χ1) is 12.1. The maximum absolute atomic E-state index is 6.34. The van der Waals surface area contributed by atoms with E-state index in [1.165, 1.54) is 18.4 Å². The summed E-state index contributed by atoms with van der Waals surface area (Å²) in [5, 5.41) is 0. The fraction of sp³-hybridized carbons (Fsp3) is 0.650. The number of halogens is 1. The SMILES string of the molecule is COc1ccc(C2(CN=C(N)N3CCCC(C)C3)CCOCC2)cc1.I. The van der Waals surface area contributed by atoms with Crippen molar-refractivity contribution < 1.29 is 9.47 Å². The van der Waals surface area contributed by atoms with E-state index in [2.05, 4.69) is 24.0 Å². The minimum atomic E-state index is 0. The predicted molar refractivity (Wildman–Crippen MR) is 117 cm³/mol. The highest BCUT2D eigenvalue weighted by atomic mass is 127. The van der Waals surface area contributed by atoms with Crippen LogP contribution in [0.5, 0.6) is 5.75 Å². The van der Waals surface area contributed by atoms with Gasteiger partial charge in [0.15, 0.2) is 5.96 Å². The minimum Gasteiger partial charge on any atom is -0.497 e. The Kier molecular flexibility index (Phi) is 8.01. The molecule has 0 bridgehead atoms. The Morgan fingerprint density at radius 3 is 2.62 bits per heavy atom. The van der Waals surface area contributed by atoms with Crippen molar-refractivity contribution in [3.05, 3.63) is 29.8 Å². The largest absolute Gasteiger partial charge is 0.497 e. The molecule has 0 aliphatic carbocycles. The van der Waals surface area contributed by atoms with Gasteiger partial charge in [-0.15, -0.1) is 24.0 Å². The van der Waals surface area contributed by atoms with Gasteiger partial charge in [-0.2, -0.15) is 0 Å². The van der Waals surface area contributed by atoms with Gasteiger partial charge < -0.3 is 20.1 Å². The number of rotatable bonds is 4. The third-order valence-electron chi connectivity index (χ3n) is 5.68. The quantitative estimate of drug-likeness (QED) is 0.414. The van der Waals surface area contributed by atoms with Crippen LogP contribution in [-0.4, -0.2) is 50.8 Å². The van der Waals surface area contributed by atoms with Crippen LogP contribution in [0, 0.1) is 5.92 Å². The molecule has 1 atom stereocenters. The lowest BCUT2D eigenvalue weighted by Gasteiger charge is -2.37. The van der Waals surface area contributed by atoms with Gasteiger partial charge in [-0.25, -0.2) is 0 Å². The summed E-state index contributed by atoms with van der Waals surface area (Å²) < 4.78 is 10.9. The summed E-state index contributed by atoms with van der Waals surface area (Å²) in [6.45, 7) is 6.62. The molecule has 1 aromatic carbocycles. The maximum atomic E-state index is 6.34. The molecule has 2 fully saturated rings. The lowest BCUT2D eigenvalue weighted by molar-refractivity contribution is 0.0530. The molecule has 0 saturated carbocycles. The second-order valence-electron chi connectivity index (χ2n) is 7.49. The number of guanidine groups is 1. The average molecular weight is 473 g/mol. The molecule has 0 amide bonds. The first-order valence-corrected chi connectivity index (χ1v) is 9.40. The van der Waals surface area contributed by atoms with Gasteiger partial charge in [0.2, 0.25) is 0 Å². The number of nitrogens with zero attached hydrogens (tertiary/aromatic N) is 2. The van der Waals surface area contributed by atoms with Crippen molar-refractivity contribution >= 4 is 29.9 Å². The van der Waals surface area contributed by atoms with Crippen LogP contribution in [0.4, 0.5) is 0 Å². The van der Waals surface area contributed by atoms with E-state index < -0.39 is 0 Å². The van der Waals surface area contributed by atoms with Crippen molar-refractivity contribution in [3.63, 3.8) is 0 Å². The van der Waals surface area contributed by atoms with Crippen LogP contribution in [0.3, 0.4) is 0 Å². The number of nitrogens with two attached hydrogens (primary N) is 1. The lowest BCUT2D eigenvalue weighted by atomic mass is 9.74. The number of ether oxygens (including phenoxy) is 2. The van der Waals surface area contributed by atoms with Crippen molar-refractivity contribution in [2.75, 3.05) is 40.0 Å². The van der Waals surface area contributed by atoms with E-state index in [1.807, 2.05) is 12.1 Å². The van der Waals surface area contributed by atoms with Crippen LogP contribution in [0.1, 0.15) is 38.2 Å². The van der Waals surface area contributed by atoms with E-state index in [4.69, 9.17) is 20.2 Å². The van der Waals surface area contributed by atoms with Crippen molar-refractivity contribution in [1.29, 1.82) is 0 Å². The highest BCUT2D eigenvalue weighted by Crippen LogP contribution is 2.36. The van der Waals surface area contributed by atoms with E-state index in [-0.39, 0.29) is 29.4 Å². The number of methoxy groups -OCH3 is 1. The van der Waals surface area contributed by atoms with Crippen molar-refractivity contribution in [1.82, 2.24) is 4.90 Å². The molecule has 2 aliphatic heterocycles. The van der Waals surface area contributed by atoms with Crippen molar-refractivity contribution in [2.45, 2.75) is 38.0 Å². The lowest BCUT2D eigenvalue weighted by Crippen LogP contribution is -2.45. The number of hydrogen-bond acceptors (Lipinski definition) is 3. The van der Waals surface area contributed by atoms with E-state index in [1.54, 1.807) is 7.11 Å². The summed E-state index contributed by atoms with van der Waals surface area (Å²) in [6, 6.07) is 8.40. The van der Waals surface area contributed by atoms with Crippen LogP contribution in [0.15, 0.2) is 29.3 Å². The molecule has 146 valence electrons. The smallest absolute Gasteiger partial charge is 0.191 e. The topological polar surface area (TPSA) is 60.1 Å². The summed E-state index contributed by atoms with van der Waals surface area (Å²) in [5.41, 5.74) is 7.65. The van der Waals surface area contributed by atoms with E-state index in [0.717, 1.165) is 51.4 Å². The average Bonchev–Trinajstić information content (AvgIpc) is 2.67. The van der Waals surface area contributed by atoms with E-state index >= 15 is 0 Å². The molecule has 1 aromatic rings. The second-order valence-corrected chi connectivity index (χ2v) is 7.49. The Labute approximate surface area is 174 Å². The van der Waals surface area contributed by atoms with E-state index in [9.17, 15) is 0 Å². The first-order valence-electron chi connectivity index (χ1n) is 9.40. The number of aliphatic imine (C=N–C) groups is 1. The van der Waals surface area contributed by atoms with Crippen LogP contribution in [0.25, 0.3) is 0 Å². The zero-order valence-electron chi connectivity index (χ0n) is 15.9. The molecular formula is C20H32IN3O2. The van der Waals surface area contributed by atoms with E-state index in [0.29, 0.717) is 11.9 Å². The highest BCUT2D eigenvalue weighted by molar-refractivity contribution is 14.0. The molecule has 0 spiro atoms. The van der Waals surface area contributed by atoms with Crippen molar-refractivity contribution in [2.24, 2.45) is 16.6 Å². The molecule has 2 N–H and O–H groups in total. The molecule has 2 aliphatic rings. The minimum absolute atomic E-state index is 0. The summed E-state index contributed by atoms with van der Waals surface area (Å²) in [6.07, 6.45) is 4.45. The van der Waals surface area contributed by atoms with Gasteiger partial charge in [0.25, 0.3) is 0 Å². The predicted octanol–water partition coefficient (Wildman–Crippen LogP) is 3.41. The standard InChI is InChI=1S/C20H31N3O2.HI/c1-16-4-3-11-23(14-16)19(21)22-15-20(9-12-25-13-10-20)17-5-7-18(24-2)8-6-17;/h5-8,16H,3-4,9-15H2,1-2H3,(H2,21,22);1H. The molecule has 0 radical (unpaired) electrons. The summed E-state index contributed by atoms with van der Waals surface area (Å²) in [4.78, 5) is 7.08. The van der Waals surface area contributed by atoms with Gasteiger partial charge in [0, 0.05) is 31.7 Å². The van der Waals surface area contributed by atoms with Crippen molar-refractivity contribution in [3.8, 4) is 5.75 Å². The van der Waals surface area contributed by atoms with Gasteiger partial charge in [0.05, 0.1) is 13.7 Å². The molecule has 26 heavy (non-hydrogen) atoms. The summed E-state index contributed by atoms with van der Waals surface area (Å²) in [5.74, 6) is 2.28. The Hall–Kier alpha value is -1.02. The van der Waals surface area contributed by atoms with Crippen LogP contribution < -0.4 is 10.5 Å². The summed E-state index contributed by atoms with van der Waals surface area (Å²) in [7, 11) is 1.70. The van der Waals surface area contributed by atoms with Crippen LogP contribution >= 0.6 is 24.0 Å². The Morgan fingerprint density at radius 2 is 2.00 bits per heavy atom. The van der Waals surface area contributed by atoms with Gasteiger partial charge >= 0.3 is 0 Å². The Morgan fingerprint density at radius 1 is 1.31 bits per heavy atom. The van der Waals surface area contributed by atoms with Gasteiger partial charge in [0.1, 0.15) is 5.75 Å². The van der Waals surface area contributed by atoms with Gasteiger partial charge in [-0.3, -0.25) is 4.99 Å². The normalized spacial score (nSPS) is 23.2. The number of hydrogen-bond donors (Lipinski definition) is 1. The van der Waals surface area contributed by atoms with Crippen LogP contribution in [-0.2, 0) is 10.2 Å². The molecule has 2 heterocycles. The zero-order chi connectivity index (χ0) is 17.7. The molecular weight excluding hydrogens is 441 g/mol. The highest BCUT2D eigenvalue weighted by Gasteiger charge is 2.34.